The van der Waals surface area contributed by atoms with Gasteiger partial charge in [-0.15, -0.1) is 0 Å². The zero-order chi connectivity index (χ0) is 14.5. The zero-order valence-corrected chi connectivity index (χ0v) is 11.6. The third-order valence-corrected chi connectivity index (χ3v) is 3.05. The lowest BCUT2D eigenvalue weighted by Gasteiger charge is -2.10. The van der Waals surface area contributed by atoms with E-state index in [0.717, 1.165) is 17.0 Å². The Bertz CT molecular complexity index is 605. The van der Waals surface area contributed by atoms with E-state index in [1.54, 1.807) is 19.2 Å². The molecule has 20 heavy (non-hydrogen) atoms. The Balaban J connectivity index is 2.10. The topological polar surface area (TPSA) is 74.5 Å². The van der Waals surface area contributed by atoms with Crippen LogP contribution in [0.2, 0.25) is 0 Å². The summed E-state index contributed by atoms with van der Waals surface area (Å²) in [6.45, 7) is 2.36. The lowest BCUT2D eigenvalue weighted by Crippen LogP contribution is -2.18. The van der Waals surface area contributed by atoms with Crippen molar-refractivity contribution in [3.05, 3.63) is 53.0 Å². The average Bonchev–Trinajstić information content (AvgIpc) is 2.93. The maximum atomic E-state index is 11.6. The highest BCUT2D eigenvalue weighted by Gasteiger charge is 2.07. The van der Waals surface area contributed by atoms with E-state index >= 15 is 0 Å². The van der Waals surface area contributed by atoms with Crippen LogP contribution in [0, 0.1) is 6.92 Å². The van der Waals surface area contributed by atoms with E-state index < -0.39 is 0 Å². The van der Waals surface area contributed by atoms with Crippen LogP contribution in [0.3, 0.4) is 0 Å². The zero-order valence-electron chi connectivity index (χ0n) is 11.6. The SMILES string of the molecule is CNC(=O)c1ccc(C)c(NCc2ccc(CO)o2)c1. The van der Waals surface area contributed by atoms with Crippen LogP contribution in [-0.4, -0.2) is 18.1 Å². The molecule has 0 aliphatic heterocycles. The standard InChI is InChI=1S/C15H18N2O3/c1-10-3-4-11(15(19)16-2)7-14(10)17-8-12-5-6-13(9-18)20-12/h3-7,17-18H,8-9H2,1-2H3,(H,16,19). The number of aliphatic hydroxyl groups is 1. The molecular weight excluding hydrogens is 256 g/mol. The number of furan rings is 1. The number of carbonyl (C=O) groups excluding carboxylic acids is 1. The van der Waals surface area contributed by atoms with Gasteiger partial charge in [-0.3, -0.25) is 4.79 Å². The van der Waals surface area contributed by atoms with Crippen molar-refractivity contribution in [3.8, 4) is 0 Å². The highest BCUT2D eigenvalue weighted by molar-refractivity contribution is 5.95. The average molecular weight is 274 g/mol. The largest absolute Gasteiger partial charge is 0.462 e. The van der Waals surface area contributed by atoms with E-state index in [0.29, 0.717) is 17.9 Å². The van der Waals surface area contributed by atoms with Crippen LogP contribution >= 0.6 is 0 Å². The van der Waals surface area contributed by atoms with Crippen LogP contribution in [0.4, 0.5) is 5.69 Å². The Kier molecular flexibility index (Phi) is 4.42. The minimum absolute atomic E-state index is 0.106. The van der Waals surface area contributed by atoms with Gasteiger partial charge >= 0.3 is 0 Å². The molecule has 0 saturated carbocycles. The van der Waals surface area contributed by atoms with Crippen molar-refractivity contribution in [1.29, 1.82) is 0 Å². The van der Waals surface area contributed by atoms with E-state index in [4.69, 9.17) is 9.52 Å². The molecule has 0 unspecified atom stereocenters. The van der Waals surface area contributed by atoms with Crippen molar-refractivity contribution in [2.24, 2.45) is 0 Å². The van der Waals surface area contributed by atoms with Crippen LogP contribution in [0.15, 0.2) is 34.7 Å². The number of benzene rings is 1. The predicted octanol–water partition coefficient (Wildman–Crippen LogP) is 2.05. The third-order valence-electron chi connectivity index (χ3n) is 3.05. The summed E-state index contributed by atoms with van der Waals surface area (Å²) >= 11 is 0. The lowest BCUT2D eigenvalue weighted by atomic mass is 10.1. The Hall–Kier alpha value is -2.27. The number of carbonyl (C=O) groups is 1. The first-order chi connectivity index (χ1) is 9.63. The molecule has 0 bridgehead atoms. The molecule has 0 radical (unpaired) electrons. The molecule has 0 aliphatic carbocycles. The van der Waals surface area contributed by atoms with E-state index in [9.17, 15) is 4.79 Å². The van der Waals surface area contributed by atoms with Crippen LogP contribution in [0.5, 0.6) is 0 Å². The summed E-state index contributed by atoms with van der Waals surface area (Å²) in [5.41, 5.74) is 2.54. The van der Waals surface area contributed by atoms with Crippen LogP contribution < -0.4 is 10.6 Å². The van der Waals surface area contributed by atoms with Gasteiger partial charge in [0, 0.05) is 18.3 Å². The molecular formula is C15H18N2O3. The van der Waals surface area contributed by atoms with Gasteiger partial charge in [0.05, 0.1) is 6.54 Å². The molecule has 1 aromatic carbocycles. The normalized spacial score (nSPS) is 10.3. The number of hydrogen-bond acceptors (Lipinski definition) is 4. The minimum Gasteiger partial charge on any atom is -0.462 e. The molecule has 3 N–H and O–H groups in total. The molecule has 5 heteroatoms. The first-order valence-electron chi connectivity index (χ1n) is 6.39. The molecule has 2 rings (SSSR count). The van der Waals surface area contributed by atoms with E-state index in [2.05, 4.69) is 10.6 Å². The number of hydrogen-bond donors (Lipinski definition) is 3. The summed E-state index contributed by atoms with van der Waals surface area (Å²) in [5.74, 6) is 1.16. The molecule has 0 saturated heterocycles. The summed E-state index contributed by atoms with van der Waals surface area (Å²) in [4.78, 5) is 11.6. The number of rotatable bonds is 5. The summed E-state index contributed by atoms with van der Waals surface area (Å²) < 4.78 is 5.40. The second-order valence-electron chi connectivity index (χ2n) is 4.49. The van der Waals surface area contributed by atoms with Crippen molar-refractivity contribution < 1.29 is 14.3 Å². The second-order valence-corrected chi connectivity index (χ2v) is 4.49. The van der Waals surface area contributed by atoms with Crippen molar-refractivity contribution in [2.45, 2.75) is 20.1 Å². The highest BCUT2D eigenvalue weighted by atomic mass is 16.4. The fourth-order valence-corrected chi connectivity index (χ4v) is 1.88. The molecule has 0 spiro atoms. The summed E-state index contributed by atoms with van der Waals surface area (Å²) in [5, 5.41) is 14.8. The smallest absolute Gasteiger partial charge is 0.251 e. The lowest BCUT2D eigenvalue weighted by molar-refractivity contribution is 0.0963. The third kappa shape index (κ3) is 3.19. The Morgan fingerprint density at radius 2 is 2.00 bits per heavy atom. The maximum Gasteiger partial charge on any atom is 0.251 e. The van der Waals surface area contributed by atoms with Gasteiger partial charge in [-0.25, -0.2) is 0 Å². The Morgan fingerprint density at radius 1 is 1.25 bits per heavy atom. The van der Waals surface area contributed by atoms with Crippen molar-refractivity contribution >= 4 is 11.6 Å². The van der Waals surface area contributed by atoms with Gasteiger partial charge in [0.15, 0.2) is 0 Å². The van der Waals surface area contributed by atoms with E-state index in [1.165, 1.54) is 0 Å². The van der Waals surface area contributed by atoms with Gasteiger partial charge in [0.2, 0.25) is 0 Å². The van der Waals surface area contributed by atoms with Crippen LogP contribution in [-0.2, 0) is 13.2 Å². The van der Waals surface area contributed by atoms with Crippen LogP contribution in [0.25, 0.3) is 0 Å². The Labute approximate surface area is 117 Å². The van der Waals surface area contributed by atoms with Gasteiger partial charge in [0.25, 0.3) is 5.91 Å². The van der Waals surface area contributed by atoms with Crippen molar-refractivity contribution in [2.75, 3.05) is 12.4 Å². The van der Waals surface area contributed by atoms with Crippen molar-refractivity contribution in [1.82, 2.24) is 5.32 Å². The summed E-state index contributed by atoms with van der Waals surface area (Å²) in [7, 11) is 1.61. The number of aryl methyl sites for hydroxylation is 1. The maximum absolute atomic E-state index is 11.6. The molecule has 0 fully saturated rings. The van der Waals surface area contributed by atoms with Gasteiger partial charge in [0.1, 0.15) is 18.1 Å². The first-order valence-corrected chi connectivity index (χ1v) is 6.39. The number of amides is 1. The Morgan fingerprint density at radius 3 is 2.65 bits per heavy atom. The molecule has 2 aromatic rings. The van der Waals surface area contributed by atoms with E-state index in [1.807, 2.05) is 25.1 Å². The number of anilines is 1. The van der Waals surface area contributed by atoms with Gasteiger partial charge < -0.3 is 20.2 Å². The van der Waals surface area contributed by atoms with Gasteiger partial charge in [-0.1, -0.05) is 6.07 Å². The highest BCUT2D eigenvalue weighted by Crippen LogP contribution is 2.18. The summed E-state index contributed by atoms with van der Waals surface area (Å²) in [6.07, 6.45) is 0. The quantitative estimate of drug-likeness (QED) is 0.780. The minimum atomic E-state index is -0.117. The molecule has 0 aliphatic rings. The predicted molar refractivity (Wildman–Crippen MR) is 76.5 cm³/mol. The van der Waals surface area contributed by atoms with Crippen LogP contribution in [0.1, 0.15) is 27.4 Å². The monoisotopic (exact) mass is 274 g/mol. The van der Waals surface area contributed by atoms with Gasteiger partial charge in [-0.2, -0.15) is 0 Å². The second kappa shape index (κ2) is 6.25. The van der Waals surface area contributed by atoms with E-state index in [-0.39, 0.29) is 12.5 Å². The van der Waals surface area contributed by atoms with Gasteiger partial charge in [-0.05, 0) is 36.8 Å². The van der Waals surface area contributed by atoms with Crippen molar-refractivity contribution in [3.63, 3.8) is 0 Å². The molecule has 5 nitrogen and oxygen atoms in total. The molecule has 106 valence electrons. The first kappa shape index (κ1) is 14.1. The fraction of sp³-hybridized carbons (Fsp3) is 0.267. The molecule has 1 aromatic heterocycles. The molecule has 1 heterocycles. The summed E-state index contributed by atoms with van der Waals surface area (Å²) in [6, 6.07) is 9.05. The molecule has 0 atom stereocenters. The fourth-order valence-electron chi connectivity index (χ4n) is 1.88. The number of aliphatic hydroxyl groups excluding tert-OH is 1. The molecule has 1 amide bonds. The number of nitrogens with one attached hydrogen (secondary N) is 2.